The van der Waals surface area contributed by atoms with Crippen molar-refractivity contribution < 1.29 is 4.79 Å². The molecule has 0 aromatic carbocycles. The molecule has 4 atom stereocenters. The van der Waals surface area contributed by atoms with Gasteiger partial charge in [-0.05, 0) is 54.7 Å². The summed E-state index contributed by atoms with van der Waals surface area (Å²) in [6, 6.07) is 4.24. The van der Waals surface area contributed by atoms with Gasteiger partial charge in [-0.3, -0.25) is 10.1 Å². The van der Waals surface area contributed by atoms with E-state index < -0.39 is 0 Å². The number of aryl methyl sites for hydroxylation is 1. The van der Waals surface area contributed by atoms with Crippen LogP contribution in [0.15, 0.2) is 22.6 Å². The molecule has 1 fully saturated rings. The van der Waals surface area contributed by atoms with Crippen LogP contribution in [0.25, 0.3) is 0 Å². The van der Waals surface area contributed by atoms with E-state index in [2.05, 4.69) is 36.6 Å². The second-order valence-electron chi connectivity index (χ2n) is 6.37. The quantitative estimate of drug-likeness (QED) is 0.831. The highest BCUT2D eigenvalue weighted by Crippen LogP contribution is 2.50. The van der Waals surface area contributed by atoms with E-state index in [9.17, 15) is 4.79 Å². The molecule has 1 saturated heterocycles. The largest absolute Gasteiger partial charge is 0.335 e. The van der Waals surface area contributed by atoms with E-state index in [0.717, 1.165) is 18.8 Å². The molecule has 3 heterocycles. The molecule has 2 aliphatic heterocycles. The first-order valence-electron chi connectivity index (χ1n) is 7.63. The van der Waals surface area contributed by atoms with Gasteiger partial charge in [0.25, 0.3) is 0 Å². The Morgan fingerprint density at radius 3 is 2.95 bits per heavy atom. The summed E-state index contributed by atoms with van der Waals surface area (Å²) < 4.78 is 0. The number of rotatable bonds is 1. The fourth-order valence-electron chi connectivity index (χ4n) is 3.57. The van der Waals surface area contributed by atoms with E-state index in [1.54, 1.807) is 11.3 Å². The van der Waals surface area contributed by atoms with Crippen molar-refractivity contribution in [1.29, 1.82) is 0 Å². The van der Waals surface area contributed by atoms with Crippen molar-refractivity contribution in [3.63, 3.8) is 0 Å². The summed E-state index contributed by atoms with van der Waals surface area (Å²) in [5, 5.41) is 7.04. The Hall–Kier alpha value is -0.780. The topological polar surface area (TPSA) is 41.1 Å². The summed E-state index contributed by atoms with van der Waals surface area (Å²) in [6.07, 6.45) is 3.46. The predicted octanol–water partition coefficient (Wildman–Crippen LogP) is 3.54. The lowest BCUT2D eigenvalue weighted by Crippen LogP contribution is -2.54. The number of allylic oxidation sites excluding steroid dienone is 1. The lowest BCUT2D eigenvalue weighted by molar-refractivity contribution is -0.127. The van der Waals surface area contributed by atoms with Crippen molar-refractivity contribution in [2.75, 3.05) is 0 Å². The van der Waals surface area contributed by atoms with Gasteiger partial charge in [-0.25, -0.2) is 0 Å². The van der Waals surface area contributed by atoms with Gasteiger partial charge in [-0.1, -0.05) is 6.92 Å². The molecule has 0 saturated carbocycles. The third-order valence-corrected chi connectivity index (χ3v) is 7.13. The maximum absolute atomic E-state index is 12.6. The van der Waals surface area contributed by atoms with E-state index in [-0.39, 0.29) is 23.4 Å². The summed E-state index contributed by atoms with van der Waals surface area (Å²) in [4.78, 5) is 16.6. The van der Waals surface area contributed by atoms with Crippen LogP contribution in [0.5, 0.6) is 0 Å². The number of fused-ring (bicyclic) bond motifs is 2. The second-order valence-corrected chi connectivity index (χ2v) is 8.93. The first-order chi connectivity index (χ1) is 10.1. The summed E-state index contributed by atoms with van der Waals surface area (Å²) in [5.74, 6) is 1.02. The van der Waals surface area contributed by atoms with Crippen molar-refractivity contribution in [2.24, 2.45) is 11.8 Å². The summed E-state index contributed by atoms with van der Waals surface area (Å²) in [5.41, 5.74) is 1.41. The van der Waals surface area contributed by atoms with Gasteiger partial charge >= 0.3 is 0 Å². The van der Waals surface area contributed by atoms with E-state index >= 15 is 0 Å². The highest BCUT2D eigenvalue weighted by Gasteiger charge is 2.46. The van der Waals surface area contributed by atoms with Crippen LogP contribution in [0.3, 0.4) is 0 Å². The molecular formula is C16H20N2OS2. The van der Waals surface area contributed by atoms with Crippen LogP contribution in [-0.2, 0) is 4.79 Å². The molecule has 1 aromatic rings. The first kappa shape index (κ1) is 13.9. The number of hydrogen-bond acceptors (Lipinski definition) is 4. The van der Waals surface area contributed by atoms with Gasteiger partial charge in [-0.2, -0.15) is 0 Å². The SMILES string of the molecule is Cc1ccc(C2NC(=O)C3C4=C(CC(C)CC4)SC3N2)s1. The van der Waals surface area contributed by atoms with Crippen molar-refractivity contribution >= 4 is 29.0 Å². The third kappa shape index (κ3) is 2.35. The minimum atomic E-state index is -0.0243. The molecule has 112 valence electrons. The molecule has 0 radical (unpaired) electrons. The fraction of sp³-hybridized carbons (Fsp3) is 0.562. The zero-order valence-electron chi connectivity index (χ0n) is 12.3. The molecule has 1 aliphatic carbocycles. The molecular weight excluding hydrogens is 300 g/mol. The van der Waals surface area contributed by atoms with E-state index in [0.29, 0.717) is 0 Å². The molecule has 2 N–H and O–H groups in total. The Bertz CT molecular complexity index is 622. The van der Waals surface area contributed by atoms with Crippen LogP contribution >= 0.6 is 23.1 Å². The number of carbonyl (C=O) groups is 1. The van der Waals surface area contributed by atoms with Crippen LogP contribution < -0.4 is 10.6 Å². The van der Waals surface area contributed by atoms with E-state index in [1.165, 1.54) is 26.7 Å². The van der Waals surface area contributed by atoms with E-state index in [1.807, 2.05) is 11.8 Å². The zero-order chi connectivity index (χ0) is 14.6. The Labute approximate surface area is 133 Å². The summed E-state index contributed by atoms with van der Waals surface area (Å²) >= 11 is 3.66. The molecule has 3 nitrogen and oxygen atoms in total. The molecule has 0 bridgehead atoms. The van der Waals surface area contributed by atoms with Gasteiger partial charge in [0.05, 0.1) is 11.3 Å². The fourth-order valence-corrected chi connectivity index (χ4v) is 6.16. The van der Waals surface area contributed by atoms with Crippen LogP contribution in [0.1, 0.15) is 42.1 Å². The number of nitrogens with one attached hydrogen (secondary N) is 2. The number of thiophene rings is 1. The second kappa shape index (κ2) is 5.14. The normalized spacial score (nSPS) is 35.4. The van der Waals surface area contributed by atoms with Crippen molar-refractivity contribution in [2.45, 2.75) is 44.6 Å². The van der Waals surface area contributed by atoms with Crippen molar-refractivity contribution in [1.82, 2.24) is 10.6 Å². The number of amides is 1. The molecule has 4 unspecified atom stereocenters. The van der Waals surface area contributed by atoms with Crippen LogP contribution in [-0.4, -0.2) is 11.3 Å². The molecule has 5 heteroatoms. The molecule has 1 amide bonds. The highest BCUT2D eigenvalue weighted by molar-refractivity contribution is 8.04. The molecule has 1 aromatic heterocycles. The zero-order valence-corrected chi connectivity index (χ0v) is 13.9. The molecule has 21 heavy (non-hydrogen) atoms. The first-order valence-corrected chi connectivity index (χ1v) is 9.33. The van der Waals surface area contributed by atoms with Crippen molar-refractivity contribution in [3.8, 4) is 0 Å². The molecule has 3 aliphatic rings. The number of thioether (sulfide) groups is 1. The van der Waals surface area contributed by atoms with Gasteiger partial charge in [0.15, 0.2) is 0 Å². The Balaban J connectivity index is 1.57. The Morgan fingerprint density at radius 1 is 1.33 bits per heavy atom. The van der Waals surface area contributed by atoms with Crippen LogP contribution in [0.4, 0.5) is 0 Å². The average molecular weight is 320 g/mol. The minimum Gasteiger partial charge on any atom is -0.335 e. The molecule has 0 spiro atoms. The predicted molar refractivity (Wildman–Crippen MR) is 88.0 cm³/mol. The maximum atomic E-state index is 12.6. The summed E-state index contributed by atoms with van der Waals surface area (Å²) in [7, 11) is 0. The lowest BCUT2D eigenvalue weighted by atomic mass is 9.83. The van der Waals surface area contributed by atoms with Gasteiger partial charge in [0, 0.05) is 9.75 Å². The monoisotopic (exact) mass is 320 g/mol. The van der Waals surface area contributed by atoms with Gasteiger partial charge in [0.1, 0.15) is 6.17 Å². The van der Waals surface area contributed by atoms with Crippen molar-refractivity contribution in [3.05, 3.63) is 32.4 Å². The lowest BCUT2D eigenvalue weighted by Gasteiger charge is -2.34. The van der Waals surface area contributed by atoms with E-state index in [4.69, 9.17) is 0 Å². The highest BCUT2D eigenvalue weighted by atomic mass is 32.2. The maximum Gasteiger partial charge on any atom is 0.231 e. The smallest absolute Gasteiger partial charge is 0.231 e. The Kier molecular flexibility index (Phi) is 3.39. The van der Waals surface area contributed by atoms with Crippen LogP contribution in [0, 0.1) is 18.8 Å². The van der Waals surface area contributed by atoms with Gasteiger partial charge < -0.3 is 5.32 Å². The number of carbonyl (C=O) groups excluding carboxylic acids is 1. The average Bonchev–Trinajstić information content (AvgIpc) is 3.01. The van der Waals surface area contributed by atoms with Gasteiger partial charge in [-0.15, -0.1) is 23.1 Å². The Morgan fingerprint density at radius 2 is 2.19 bits per heavy atom. The minimum absolute atomic E-state index is 0.0243. The third-order valence-electron chi connectivity index (χ3n) is 4.69. The number of hydrogen-bond donors (Lipinski definition) is 2. The van der Waals surface area contributed by atoms with Gasteiger partial charge in [0.2, 0.25) is 5.91 Å². The van der Waals surface area contributed by atoms with Crippen LogP contribution in [0.2, 0.25) is 0 Å². The summed E-state index contributed by atoms with van der Waals surface area (Å²) in [6.45, 7) is 4.42. The molecule has 4 rings (SSSR count). The standard InChI is InChI=1S/C16H20N2OS2/c1-8-3-5-10-12(7-8)21-16-13(10)15(19)17-14(18-16)11-6-4-9(2)20-11/h4,6,8,13-14,16,18H,3,5,7H2,1-2H3,(H,17,19).